The number of ether oxygens (including phenoxy) is 2. The summed E-state index contributed by atoms with van der Waals surface area (Å²) >= 11 is 3.45. The standard InChI is InChI=1S/C20H19BrN4O3/c21-16-9-14(10-17-19(16)28-8-7-27-17)20(26)24-15-3-5-25(6-4-15)18-2-1-13(11-22)12-23-18/h1-2,9-10,12,15H,3-8H2,(H,24,26). The van der Waals surface area contributed by atoms with E-state index in [-0.39, 0.29) is 11.9 Å². The molecule has 1 amide bonds. The number of nitrogens with one attached hydrogen (secondary N) is 1. The summed E-state index contributed by atoms with van der Waals surface area (Å²) in [6.07, 6.45) is 3.25. The number of carbonyl (C=O) groups excluding carboxylic acids is 1. The molecular formula is C20H19BrN4O3. The van der Waals surface area contributed by atoms with Crippen LogP contribution in [-0.4, -0.2) is 43.2 Å². The Morgan fingerprint density at radius 2 is 2.04 bits per heavy atom. The van der Waals surface area contributed by atoms with Gasteiger partial charge in [0.15, 0.2) is 11.5 Å². The van der Waals surface area contributed by atoms with E-state index in [1.54, 1.807) is 24.4 Å². The maximum Gasteiger partial charge on any atom is 0.251 e. The normalized spacial score (nSPS) is 16.4. The van der Waals surface area contributed by atoms with Crippen LogP contribution < -0.4 is 19.7 Å². The SMILES string of the molecule is N#Cc1ccc(N2CCC(NC(=O)c3cc(Br)c4c(c3)OCCO4)CC2)nc1. The highest BCUT2D eigenvalue weighted by molar-refractivity contribution is 9.10. The van der Waals surface area contributed by atoms with Gasteiger partial charge in [-0.2, -0.15) is 5.26 Å². The summed E-state index contributed by atoms with van der Waals surface area (Å²) in [5, 5.41) is 12.0. The fraction of sp³-hybridized carbons (Fsp3) is 0.350. The second-order valence-electron chi connectivity index (χ2n) is 6.73. The number of hydrogen-bond donors (Lipinski definition) is 1. The molecule has 0 atom stereocenters. The van der Waals surface area contributed by atoms with Crippen molar-refractivity contribution >= 4 is 27.7 Å². The van der Waals surface area contributed by atoms with Crippen LogP contribution in [0.25, 0.3) is 0 Å². The molecule has 8 heteroatoms. The second kappa shape index (κ2) is 8.07. The van der Waals surface area contributed by atoms with Gasteiger partial charge < -0.3 is 19.7 Å². The van der Waals surface area contributed by atoms with E-state index >= 15 is 0 Å². The van der Waals surface area contributed by atoms with E-state index in [9.17, 15) is 4.79 Å². The summed E-state index contributed by atoms with van der Waals surface area (Å²) in [5.74, 6) is 1.98. The van der Waals surface area contributed by atoms with Gasteiger partial charge in [-0.3, -0.25) is 4.79 Å². The van der Waals surface area contributed by atoms with Crippen molar-refractivity contribution in [3.05, 3.63) is 46.1 Å². The quantitative estimate of drug-likeness (QED) is 0.785. The van der Waals surface area contributed by atoms with Crippen LogP contribution in [0.3, 0.4) is 0 Å². The molecule has 1 aromatic carbocycles. The number of amides is 1. The van der Waals surface area contributed by atoms with E-state index in [0.29, 0.717) is 35.8 Å². The van der Waals surface area contributed by atoms with Gasteiger partial charge in [0.05, 0.1) is 10.0 Å². The van der Waals surface area contributed by atoms with Crippen LogP contribution >= 0.6 is 15.9 Å². The highest BCUT2D eigenvalue weighted by Crippen LogP contribution is 2.38. The number of pyridine rings is 1. The number of rotatable bonds is 3. The number of nitrogens with zero attached hydrogens (tertiary/aromatic N) is 3. The van der Waals surface area contributed by atoms with Crippen molar-refractivity contribution < 1.29 is 14.3 Å². The fourth-order valence-electron chi connectivity index (χ4n) is 3.40. The van der Waals surface area contributed by atoms with Crippen molar-refractivity contribution in [2.75, 3.05) is 31.2 Å². The maximum atomic E-state index is 12.7. The Kier molecular flexibility index (Phi) is 5.35. The van der Waals surface area contributed by atoms with Crippen LogP contribution in [0.15, 0.2) is 34.9 Å². The highest BCUT2D eigenvalue weighted by Gasteiger charge is 2.24. The van der Waals surface area contributed by atoms with Crippen LogP contribution in [0.4, 0.5) is 5.82 Å². The molecule has 1 fully saturated rings. The molecule has 7 nitrogen and oxygen atoms in total. The zero-order valence-electron chi connectivity index (χ0n) is 15.2. The molecule has 0 radical (unpaired) electrons. The lowest BCUT2D eigenvalue weighted by Gasteiger charge is -2.33. The van der Waals surface area contributed by atoms with Crippen molar-refractivity contribution in [3.63, 3.8) is 0 Å². The first kappa shape index (κ1) is 18.6. The van der Waals surface area contributed by atoms with Gasteiger partial charge in [-0.15, -0.1) is 0 Å². The van der Waals surface area contributed by atoms with Crippen molar-refractivity contribution in [2.24, 2.45) is 0 Å². The molecule has 1 saturated heterocycles. The summed E-state index contributed by atoms with van der Waals surface area (Å²) in [6, 6.07) is 9.31. The van der Waals surface area contributed by atoms with Gasteiger partial charge in [-0.05, 0) is 53.0 Å². The van der Waals surface area contributed by atoms with Crippen molar-refractivity contribution in [1.82, 2.24) is 10.3 Å². The molecule has 0 saturated carbocycles. The van der Waals surface area contributed by atoms with Crippen molar-refractivity contribution in [3.8, 4) is 17.6 Å². The number of anilines is 1. The predicted octanol–water partition coefficient (Wildman–Crippen LogP) is 2.89. The Bertz CT molecular complexity index is 918. The van der Waals surface area contributed by atoms with Gasteiger partial charge in [0, 0.05) is 30.9 Å². The molecule has 3 heterocycles. The number of hydrogen-bond acceptors (Lipinski definition) is 6. The Hall–Kier alpha value is -2.79. The summed E-state index contributed by atoms with van der Waals surface area (Å²) < 4.78 is 11.9. The molecule has 0 aliphatic carbocycles. The fourth-order valence-corrected chi connectivity index (χ4v) is 3.96. The van der Waals surface area contributed by atoms with Gasteiger partial charge >= 0.3 is 0 Å². The monoisotopic (exact) mass is 442 g/mol. The van der Waals surface area contributed by atoms with Crippen LogP contribution in [-0.2, 0) is 0 Å². The maximum absolute atomic E-state index is 12.7. The first-order valence-electron chi connectivity index (χ1n) is 9.15. The van der Waals surface area contributed by atoms with Gasteiger partial charge in [0.2, 0.25) is 0 Å². The van der Waals surface area contributed by atoms with Crippen LogP contribution in [0, 0.1) is 11.3 Å². The Labute approximate surface area is 171 Å². The lowest BCUT2D eigenvalue weighted by Crippen LogP contribution is -2.45. The number of halogens is 1. The third kappa shape index (κ3) is 3.90. The van der Waals surface area contributed by atoms with E-state index in [4.69, 9.17) is 14.7 Å². The first-order chi connectivity index (χ1) is 13.6. The minimum Gasteiger partial charge on any atom is -0.486 e. The average molecular weight is 443 g/mol. The van der Waals surface area contributed by atoms with Gasteiger partial charge in [-0.1, -0.05) is 0 Å². The van der Waals surface area contributed by atoms with Gasteiger partial charge in [0.25, 0.3) is 5.91 Å². The van der Waals surface area contributed by atoms with E-state index in [2.05, 4.69) is 37.2 Å². The number of benzene rings is 1. The third-order valence-corrected chi connectivity index (χ3v) is 5.48. The molecule has 0 unspecified atom stereocenters. The summed E-state index contributed by atoms with van der Waals surface area (Å²) in [5.41, 5.74) is 1.10. The zero-order chi connectivity index (χ0) is 19.5. The Morgan fingerprint density at radius 3 is 2.75 bits per heavy atom. The van der Waals surface area contributed by atoms with E-state index in [1.165, 1.54) is 0 Å². The van der Waals surface area contributed by atoms with Crippen LogP contribution in [0.2, 0.25) is 0 Å². The molecule has 2 aliphatic rings. The molecule has 144 valence electrons. The average Bonchev–Trinajstić information content (AvgIpc) is 2.74. The number of nitriles is 1. The van der Waals surface area contributed by atoms with E-state index < -0.39 is 0 Å². The molecular weight excluding hydrogens is 424 g/mol. The number of aromatic nitrogens is 1. The topological polar surface area (TPSA) is 87.5 Å². The number of carbonyl (C=O) groups is 1. The molecule has 2 aromatic rings. The largest absolute Gasteiger partial charge is 0.486 e. The van der Waals surface area contributed by atoms with E-state index in [1.807, 2.05) is 6.07 Å². The smallest absolute Gasteiger partial charge is 0.251 e. The van der Waals surface area contributed by atoms with Crippen LogP contribution in [0.5, 0.6) is 11.5 Å². The molecule has 2 aliphatic heterocycles. The number of fused-ring (bicyclic) bond motifs is 1. The van der Waals surface area contributed by atoms with Crippen molar-refractivity contribution in [2.45, 2.75) is 18.9 Å². The minimum atomic E-state index is -0.118. The van der Waals surface area contributed by atoms with E-state index in [0.717, 1.165) is 36.2 Å². The van der Waals surface area contributed by atoms with Gasteiger partial charge in [0.1, 0.15) is 25.1 Å². The highest BCUT2D eigenvalue weighted by atomic mass is 79.9. The molecule has 0 bridgehead atoms. The molecule has 1 N–H and O–H groups in total. The predicted molar refractivity (Wildman–Crippen MR) is 107 cm³/mol. The Morgan fingerprint density at radius 1 is 1.25 bits per heavy atom. The third-order valence-electron chi connectivity index (χ3n) is 4.89. The first-order valence-corrected chi connectivity index (χ1v) is 9.94. The van der Waals surface area contributed by atoms with Crippen LogP contribution in [0.1, 0.15) is 28.8 Å². The van der Waals surface area contributed by atoms with Crippen molar-refractivity contribution in [1.29, 1.82) is 5.26 Å². The molecule has 1 aromatic heterocycles. The summed E-state index contributed by atoms with van der Waals surface area (Å²) in [6.45, 7) is 2.58. The molecule has 0 spiro atoms. The lowest BCUT2D eigenvalue weighted by atomic mass is 10.0. The minimum absolute atomic E-state index is 0.106. The zero-order valence-corrected chi connectivity index (χ0v) is 16.7. The second-order valence-corrected chi connectivity index (χ2v) is 7.59. The lowest BCUT2D eigenvalue weighted by molar-refractivity contribution is 0.0929. The Balaban J connectivity index is 1.36. The number of piperidine rings is 1. The summed E-state index contributed by atoms with van der Waals surface area (Å²) in [7, 11) is 0. The molecule has 4 rings (SSSR count). The summed E-state index contributed by atoms with van der Waals surface area (Å²) in [4.78, 5) is 19.2. The van der Waals surface area contributed by atoms with Gasteiger partial charge in [-0.25, -0.2) is 4.98 Å². The molecule has 28 heavy (non-hydrogen) atoms.